The largest absolute Gasteiger partial charge is 0.356 e. The van der Waals surface area contributed by atoms with Crippen LogP contribution < -0.4 is 5.32 Å². The van der Waals surface area contributed by atoms with E-state index in [1.54, 1.807) is 0 Å². The van der Waals surface area contributed by atoms with Gasteiger partial charge in [0.05, 0.1) is 0 Å². The normalized spacial score (nSPS) is 10.3. The molecule has 2 heteroatoms. The molecule has 0 fully saturated rings. The van der Waals surface area contributed by atoms with E-state index in [4.69, 9.17) is 0 Å². The highest BCUT2D eigenvalue weighted by atomic mass is 79.9. The van der Waals surface area contributed by atoms with Gasteiger partial charge in [-0.2, -0.15) is 0 Å². The minimum absolute atomic E-state index is 1.07. The minimum atomic E-state index is 1.07. The average molecular weight is 426 g/mol. The summed E-state index contributed by atoms with van der Waals surface area (Å²) in [4.78, 5) is 0. The van der Waals surface area contributed by atoms with Crippen molar-refractivity contribution < 1.29 is 0 Å². The van der Waals surface area contributed by atoms with Crippen LogP contribution in [0.2, 0.25) is 0 Å². The van der Waals surface area contributed by atoms with Crippen LogP contribution in [-0.2, 0) is 0 Å². The zero-order valence-corrected chi connectivity index (χ0v) is 16.9. The molecule has 0 saturated carbocycles. The van der Waals surface area contributed by atoms with Crippen molar-refractivity contribution in [1.29, 1.82) is 0 Å². The number of halogens is 1. The lowest BCUT2D eigenvalue weighted by atomic mass is 9.96. The van der Waals surface area contributed by atoms with Gasteiger partial charge in [-0.3, -0.25) is 0 Å². The van der Waals surface area contributed by atoms with Crippen LogP contribution >= 0.6 is 15.9 Å². The van der Waals surface area contributed by atoms with Crippen LogP contribution in [0.15, 0.2) is 114 Å². The van der Waals surface area contributed by atoms with Gasteiger partial charge in [0, 0.05) is 15.8 Å². The summed E-state index contributed by atoms with van der Waals surface area (Å²) < 4.78 is 1.08. The van der Waals surface area contributed by atoms with Crippen molar-refractivity contribution in [2.45, 2.75) is 0 Å². The molecular weight excluding hydrogens is 406 g/mol. The molecule has 0 amide bonds. The van der Waals surface area contributed by atoms with Gasteiger partial charge in [-0.15, -0.1) is 0 Å². The monoisotopic (exact) mass is 425 g/mol. The first-order valence-corrected chi connectivity index (χ1v) is 10.0. The molecule has 0 spiro atoms. The molecule has 4 aromatic carbocycles. The van der Waals surface area contributed by atoms with Crippen molar-refractivity contribution in [2.75, 3.05) is 5.32 Å². The molecule has 136 valence electrons. The number of hydrogen-bond acceptors (Lipinski definition) is 1. The number of hydrogen-bond donors (Lipinski definition) is 1. The van der Waals surface area contributed by atoms with Crippen LogP contribution in [0.3, 0.4) is 0 Å². The second-order valence-electron chi connectivity index (χ2n) is 6.54. The predicted octanol–water partition coefficient (Wildman–Crippen LogP) is 7.78. The number of nitrogens with one attached hydrogen (secondary N) is 1. The molecule has 1 N–H and O–H groups in total. The number of anilines is 2. The highest BCUT2D eigenvalue weighted by Crippen LogP contribution is 2.27. The van der Waals surface area contributed by atoms with E-state index in [0.717, 1.165) is 15.8 Å². The van der Waals surface area contributed by atoms with Crippen molar-refractivity contribution in [3.8, 4) is 0 Å². The zero-order valence-electron chi connectivity index (χ0n) is 15.3. The Bertz CT molecular complexity index is 1010. The smallest absolute Gasteiger partial charge is 0.0384 e. The minimum Gasteiger partial charge on any atom is -0.356 e. The van der Waals surface area contributed by atoms with Crippen molar-refractivity contribution in [3.05, 3.63) is 130 Å². The van der Waals surface area contributed by atoms with E-state index in [-0.39, 0.29) is 0 Å². The molecule has 0 aliphatic carbocycles. The van der Waals surface area contributed by atoms with Crippen molar-refractivity contribution in [2.24, 2.45) is 0 Å². The van der Waals surface area contributed by atoms with Crippen LogP contribution in [-0.4, -0.2) is 0 Å². The predicted molar refractivity (Wildman–Crippen MR) is 124 cm³/mol. The Kier molecular flexibility index (Phi) is 5.69. The van der Waals surface area contributed by atoms with Crippen LogP contribution in [0, 0.1) is 0 Å². The van der Waals surface area contributed by atoms with Crippen molar-refractivity contribution in [3.63, 3.8) is 0 Å². The van der Waals surface area contributed by atoms with Gasteiger partial charge < -0.3 is 5.32 Å². The molecule has 0 bridgehead atoms. The second-order valence-corrected chi connectivity index (χ2v) is 7.46. The fourth-order valence-corrected chi connectivity index (χ4v) is 3.36. The lowest BCUT2D eigenvalue weighted by Crippen LogP contribution is -1.90. The molecule has 0 atom stereocenters. The van der Waals surface area contributed by atoms with Crippen LogP contribution in [0.25, 0.3) is 11.6 Å². The Morgan fingerprint density at radius 2 is 1.04 bits per heavy atom. The highest BCUT2D eigenvalue weighted by molar-refractivity contribution is 9.10. The third-order valence-electron chi connectivity index (χ3n) is 4.52. The summed E-state index contributed by atoms with van der Waals surface area (Å²) in [6, 6.07) is 37.7. The fraction of sp³-hybridized carbons (Fsp3) is 0. The van der Waals surface area contributed by atoms with E-state index < -0.39 is 0 Å². The van der Waals surface area contributed by atoms with Gasteiger partial charge in [0.15, 0.2) is 0 Å². The molecule has 4 aromatic rings. The molecule has 0 heterocycles. The summed E-state index contributed by atoms with van der Waals surface area (Å²) in [5, 5.41) is 3.43. The molecule has 28 heavy (non-hydrogen) atoms. The first-order valence-electron chi connectivity index (χ1n) is 9.23. The summed E-state index contributed by atoms with van der Waals surface area (Å²) >= 11 is 3.47. The summed E-state index contributed by atoms with van der Waals surface area (Å²) in [7, 11) is 0. The van der Waals surface area contributed by atoms with E-state index in [9.17, 15) is 0 Å². The van der Waals surface area contributed by atoms with Crippen LogP contribution in [0.1, 0.15) is 16.7 Å². The van der Waals surface area contributed by atoms with E-state index in [0.29, 0.717) is 0 Å². The molecular formula is C26H20BrN. The Labute approximate surface area is 174 Å². The van der Waals surface area contributed by atoms with E-state index in [2.05, 4.69) is 124 Å². The maximum atomic E-state index is 3.47. The van der Waals surface area contributed by atoms with Gasteiger partial charge >= 0.3 is 0 Å². The highest BCUT2D eigenvalue weighted by Gasteiger charge is 2.05. The average Bonchev–Trinajstić information content (AvgIpc) is 2.76. The second kappa shape index (κ2) is 8.73. The van der Waals surface area contributed by atoms with Gasteiger partial charge in [0.25, 0.3) is 0 Å². The SMILES string of the molecule is Brc1ccc(Nc2ccc(C=C(c3ccccc3)c3ccccc3)cc2)cc1. The topological polar surface area (TPSA) is 12.0 Å². The quantitative estimate of drug-likeness (QED) is 0.321. The Balaban J connectivity index is 1.62. The van der Waals surface area contributed by atoms with Crippen molar-refractivity contribution >= 4 is 39.0 Å². The first-order chi connectivity index (χ1) is 13.8. The number of rotatable bonds is 5. The lowest BCUT2D eigenvalue weighted by Gasteiger charge is -2.10. The van der Waals surface area contributed by atoms with Crippen LogP contribution in [0.4, 0.5) is 11.4 Å². The van der Waals surface area contributed by atoms with Gasteiger partial charge in [0.1, 0.15) is 0 Å². The Hall–Kier alpha value is -3.10. The van der Waals surface area contributed by atoms with Crippen molar-refractivity contribution in [1.82, 2.24) is 0 Å². The van der Waals surface area contributed by atoms with Gasteiger partial charge in [-0.25, -0.2) is 0 Å². The summed E-state index contributed by atoms with van der Waals surface area (Å²) in [6.07, 6.45) is 2.24. The zero-order chi connectivity index (χ0) is 19.2. The summed E-state index contributed by atoms with van der Waals surface area (Å²) in [5.74, 6) is 0. The number of benzene rings is 4. The summed E-state index contributed by atoms with van der Waals surface area (Å²) in [6.45, 7) is 0. The molecule has 0 aliphatic rings. The lowest BCUT2D eigenvalue weighted by molar-refractivity contribution is 1.52. The Morgan fingerprint density at radius 3 is 1.54 bits per heavy atom. The van der Waals surface area contributed by atoms with Gasteiger partial charge in [-0.05, 0) is 64.7 Å². The van der Waals surface area contributed by atoms with Gasteiger partial charge in [-0.1, -0.05) is 88.7 Å². The maximum Gasteiger partial charge on any atom is 0.0384 e. The van der Waals surface area contributed by atoms with E-state index in [1.165, 1.54) is 22.3 Å². The molecule has 1 nitrogen and oxygen atoms in total. The van der Waals surface area contributed by atoms with Gasteiger partial charge in [0.2, 0.25) is 0 Å². The molecule has 0 radical (unpaired) electrons. The van der Waals surface area contributed by atoms with E-state index >= 15 is 0 Å². The molecule has 0 saturated heterocycles. The third kappa shape index (κ3) is 4.59. The molecule has 0 unspecified atom stereocenters. The molecule has 0 aromatic heterocycles. The van der Waals surface area contributed by atoms with Crippen LogP contribution in [0.5, 0.6) is 0 Å². The molecule has 0 aliphatic heterocycles. The Morgan fingerprint density at radius 1 is 0.571 bits per heavy atom. The fourth-order valence-electron chi connectivity index (χ4n) is 3.10. The summed E-state index contributed by atoms with van der Waals surface area (Å²) in [5.41, 5.74) is 6.96. The maximum absolute atomic E-state index is 3.47. The third-order valence-corrected chi connectivity index (χ3v) is 5.05. The standard InChI is InChI=1S/C26H20BrN/c27-23-13-17-25(18-14-23)28-24-15-11-20(12-16-24)19-26(21-7-3-1-4-8-21)22-9-5-2-6-10-22/h1-19,28H. The molecule has 4 rings (SSSR count). The van der Waals surface area contributed by atoms with E-state index in [1.807, 2.05) is 12.1 Å². The first kappa shape index (κ1) is 18.3.